The summed E-state index contributed by atoms with van der Waals surface area (Å²) >= 11 is 5.17. The highest BCUT2D eigenvalue weighted by atomic mass is 35.5. The van der Waals surface area contributed by atoms with Crippen molar-refractivity contribution in [3.8, 4) is 0 Å². The standard InChI is InChI=1S/C4H9ClO/c1-3(2)4(5)6/h3-4,6H,1-2H3/t4-/m1/s1. The van der Waals surface area contributed by atoms with Crippen LogP contribution in [0.4, 0.5) is 0 Å². The summed E-state index contributed by atoms with van der Waals surface area (Å²) in [7, 11) is 0. The zero-order valence-corrected chi connectivity index (χ0v) is 4.74. The lowest BCUT2D eigenvalue weighted by Gasteiger charge is -2.01. The molecule has 0 unspecified atom stereocenters. The predicted molar refractivity (Wildman–Crippen MR) is 26.7 cm³/mol. The highest BCUT2D eigenvalue weighted by molar-refractivity contribution is 6.19. The third-order valence-corrected chi connectivity index (χ3v) is 1.05. The van der Waals surface area contributed by atoms with E-state index in [0.717, 1.165) is 0 Å². The Morgan fingerprint density at radius 1 is 1.50 bits per heavy atom. The molecule has 1 N–H and O–H groups in total. The van der Waals surface area contributed by atoms with Gasteiger partial charge in [0.25, 0.3) is 0 Å². The second-order valence-electron chi connectivity index (χ2n) is 1.62. The average Bonchev–Trinajstić information content (AvgIpc) is 1.36. The molecule has 6 heavy (non-hydrogen) atoms. The lowest BCUT2D eigenvalue weighted by Crippen LogP contribution is -2.04. The summed E-state index contributed by atoms with van der Waals surface area (Å²) in [6.07, 6.45) is 0. The summed E-state index contributed by atoms with van der Waals surface area (Å²) in [5.41, 5.74) is -0.676. The maximum Gasteiger partial charge on any atom is 0.130 e. The molecule has 0 fully saturated rings. The van der Waals surface area contributed by atoms with Crippen molar-refractivity contribution in [3.63, 3.8) is 0 Å². The number of hydrogen-bond acceptors (Lipinski definition) is 1. The first-order valence-electron chi connectivity index (χ1n) is 1.96. The van der Waals surface area contributed by atoms with Crippen molar-refractivity contribution < 1.29 is 5.11 Å². The number of halogens is 1. The van der Waals surface area contributed by atoms with Crippen LogP contribution in [-0.4, -0.2) is 10.7 Å². The molecule has 0 heterocycles. The zero-order chi connectivity index (χ0) is 5.15. The summed E-state index contributed by atoms with van der Waals surface area (Å²) in [5.74, 6) is 0.173. The van der Waals surface area contributed by atoms with Crippen LogP contribution in [0.25, 0.3) is 0 Å². The lowest BCUT2D eigenvalue weighted by atomic mass is 10.2. The molecule has 0 aromatic heterocycles. The maximum absolute atomic E-state index is 8.40. The molecule has 0 saturated carbocycles. The van der Waals surface area contributed by atoms with E-state index >= 15 is 0 Å². The van der Waals surface area contributed by atoms with E-state index in [2.05, 4.69) is 0 Å². The van der Waals surface area contributed by atoms with Gasteiger partial charge in [-0.3, -0.25) is 0 Å². The van der Waals surface area contributed by atoms with E-state index in [0.29, 0.717) is 0 Å². The van der Waals surface area contributed by atoms with Gasteiger partial charge < -0.3 is 5.11 Å². The van der Waals surface area contributed by atoms with Crippen molar-refractivity contribution in [2.24, 2.45) is 5.92 Å². The topological polar surface area (TPSA) is 20.2 Å². The van der Waals surface area contributed by atoms with Gasteiger partial charge in [0.1, 0.15) is 5.56 Å². The fraction of sp³-hybridized carbons (Fsp3) is 1.00. The van der Waals surface area contributed by atoms with E-state index in [1.54, 1.807) is 0 Å². The summed E-state index contributed by atoms with van der Waals surface area (Å²) in [4.78, 5) is 0. The first-order chi connectivity index (χ1) is 2.64. The average molecular weight is 109 g/mol. The van der Waals surface area contributed by atoms with E-state index in [1.165, 1.54) is 0 Å². The molecule has 0 aliphatic rings. The van der Waals surface area contributed by atoms with Crippen LogP contribution in [0, 0.1) is 5.92 Å². The minimum absolute atomic E-state index is 0.173. The van der Waals surface area contributed by atoms with E-state index in [-0.39, 0.29) is 5.92 Å². The van der Waals surface area contributed by atoms with E-state index in [9.17, 15) is 0 Å². The smallest absolute Gasteiger partial charge is 0.130 e. The minimum Gasteiger partial charge on any atom is -0.377 e. The number of alkyl halides is 1. The molecule has 0 rings (SSSR count). The van der Waals surface area contributed by atoms with Gasteiger partial charge in [-0.2, -0.15) is 0 Å². The molecular weight excluding hydrogens is 99.5 g/mol. The molecule has 1 nitrogen and oxygen atoms in total. The number of aliphatic hydroxyl groups excluding tert-OH is 1. The fourth-order valence-corrected chi connectivity index (χ4v) is 0. The molecule has 2 heteroatoms. The van der Waals surface area contributed by atoms with Crippen molar-refractivity contribution in [2.75, 3.05) is 0 Å². The highest BCUT2D eigenvalue weighted by Gasteiger charge is 2.00. The molecule has 0 aliphatic heterocycles. The molecule has 0 saturated heterocycles. The van der Waals surface area contributed by atoms with Crippen LogP contribution in [0.5, 0.6) is 0 Å². The van der Waals surface area contributed by atoms with Gasteiger partial charge in [0, 0.05) is 0 Å². The van der Waals surface area contributed by atoms with Crippen molar-refractivity contribution >= 4 is 11.6 Å². The van der Waals surface area contributed by atoms with E-state index in [1.807, 2.05) is 13.8 Å². The Kier molecular flexibility index (Phi) is 2.53. The van der Waals surface area contributed by atoms with Crippen molar-refractivity contribution in [1.82, 2.24) is 0 Å². The van der Waals surface area contributed by atoms with Gasteiger partial charge in [-0.25, -0.2) is 0 Å². The Labute approximate surface area is 42.9 Å². The molecule has 0 aromatic carbocycles. The maximum atomic E-state index is 8.40. The predicted octanol–water partition coefficient (Wildman–Crippen LogP) is 1.20. The summed E-state index contributed by atoms with van der Waals surface area (Å²) in [6, 6.07) is 0. The number of aliphatic hydroxyl groups is 1. The van der Waals surface area contributed by atoms with Crippen molar-refractivity contribution in [3.05, 3.63) is 0 Å². The van der Waals surface area contributed by atoms with Gasteiger partial charge in [-0.05, 0) is 5.92 Å². The van der Waals surface area contributed by atoms with Gasteiger partial charge >= 0.3 is 0 Å². The number of hydrogen-bond donors (Lipinski definition) is 1. The van der Waals surface area contributed by atoms with Crippen LogP contribution in [0.3, 0.4) is 0 Å². The second-order valence-corrected chi connectivity index (χ2v) is 2.06. The van der Waals surface area contributed by atoms with Crippen LogP contribution in [-0.2, 0) is 0 Å². The Balaban J connectivity index is 2.99. The molecule has 0 spiro atoms. The minimum atomic E-state index is -0.676. The summed E-state index contributed by atoms with van der Waals surface area (Å²) in [5, 5.41) is 8.40. The molecule has 38 valence electrons. The summed E-state index contributed by atoms with van der Waals surface area (Å²) in [6.45, 7) is 3.72. The largest absolute Gasteiger partial charge is 0.377 e. The molecule has 0 bridgehead atoms. The molecule has 0 aromatic rings. The highest BCUT2D eigenvalue weighted by Crippen LogP contribution is 2.02. The Hall–Kier alpha value is 0.250. The normalized spacial score (nSPS) is 15.5. The van der Waals surface area contributed by atoms with Crippen LogP contribution < -0.4 is 0 Å². The zero-order valence-electron chi connectivity index (χ0n) is 3.98. The van der Waals surface area contributed by atoms with Crippen molar-refractivity contribution in [1.29, 1.82) is 0 Å². The van der Waals surface area contributed by atoms with E-state index < -0.39 is 5.56 Å². The summed E-state index contributed by atoms with van der Waals surface area (Å²) < 4.78 is 0. The molecule has 1 atom stereocenters. The van der Waals surface area contributed by atoms with Gasteiger partial charge in [0.2, 0.25) is 0 Å². The lowest BCUT2D eigenvalue weighted by molar-refractivity contribution is 0.205. The Morgan fingerprint density at radius 3 is 1.67 bits per heavy atom. The third kappa shape index (κ3) is 2.49. The Morgan fingerprint density at radius 2 is 1.67 bits per heavy atom. The van der Waals surface area contributed by atoms with Crippen LogP contribution in [0.1, 0.15) is 13.8 Å². The van der Waals surface area contributed by atoms with Gasteiger partial charge in [0.05, 0.1) is 0 Å². The SMILES string of the molecule is CC(C)[C@@H](O)Cl. The van der Waals surface area contributed by atoms with Gasteiger partial charge in [0.15, 0.2) is 0 Å². The molecule has 0 amide bonds. The van der Waals surface area contributed by atoms with Gasteiger partial charge in [-0.1, -0.05) is 25.4 Å². The molecule has 0 radical (unpaired) electrons. The second kappa shape index (κ2) is 2.43. The van der Waals surface area contributed by atoms with Gasteiger partial charge in [-0.15, -0.1) is 0 Å². The monoisotopic (exact) mass is 108 g/mol. The quantitative estimate of drug-likeness (QED) is 0.501. The van der Waals surface area contributed by atoms with Crippen LogP contribution in [0.2, 0.25) is 0 Å². The van der Waals surface area contributed by atoms with Crippen molar-refractivity contribution in [2.45, 2.75) is 19.4 Å². The Bertz CT molecular complexity index is 28.5. The van der Waals surface area contributed by atoms with Crippen LogP contribution in [0.15, 0.2) is 0 Å². The number of rotatable bonds is 1. The van der Waals surface area contributed by atoms with E-state index in [4.69, 9.17) is 16.7 Å². The fourth-order valence-electron chi connectivity index (χ4n) is 0. The molecule has 0 aliphatic carbocycles. The third-order valence-electron chi connectivity index (χ3n) is 0.550. The molecular formula is C4H9ClO. The van der Waals surface area contributed by atoms with Crippen LogP contribution >= 0.6 is 11.6 Å². The first-order valence-corrected chi connectivity index (χ1v) is 2.40. The first kappa shape index (κ1) is 6.25.